The van der Waals surface area contributed by atoms with E-state index in [1.165, 1.54) is 12.1 Å². The number of hydrogen-bond acceptors (Lipinski definition) is 4. The maximum atomic E-state index is 13.0. The second-order valence-electron chi connectivity index (χ2n) is 7.93. The number of pyridine rings is 1. The molecule has 0 bridgehead atoms. The van der Waals surface area contributed by atoms with Crippen molar-refractivity contribution in [2.45, 2.75) is 24.2 Å². The molecule has 2 N–H and O–H groups in total. The summed E-state index contributed by atoms with van der Waals surface area (Å²) in [6.45, 7) is 0.831. The summed E-state index contributed by atoms with van der Waals surface area (Å²) in [7, 11) is 0. The van der Waals surface area contributed by atoms with Gasteiger partial charge in [0.25, 0.3) is 0 Å². The van der Waals surface area contributed by atoms with Gasteiger partial charge in [-0.15, -0.1) is 11.8 Å². The molecule has 1 aliphatic heterocycles. The molecule has 178 valence electrons. The van der Waals surface area contributed by atoms with Crippen molar-refractivity contribution in [1.29, 1.82) is 0 Å². The number of rotatable bonds is 4. The van der Waals surface area contributed by atoms with Crippen LogP contribution in [0.5, 0.6) is 0 Å². The minimum atomic E-state index is -4.49. The van der Waals surface area contributed by atoms with Crippen molar-refractivity contribution < 1.29 is 18.0 Å². The zero-order valence-electron chi connectivity index (χ0n) is 18.3. The minimum Gasteiger partial charge on any atom is -0.308 e. The van der Waals surface area contributed by atoms with Crippen LogP contribution in [-0.4, -0.2) is 26.5 Å². The summed E-state index contributed by atoms with van der Waals surface area (Å²) >= 11 is 1.76. The van der Waals surface area contributed by atoms with Crippen LogP contribution in [0.2, 0.25) is 0 Å². The fourth-order valence-electron chi connectivity index (χ4n) is 3.92. The summed E-state index contributed by atoms with van der Waals surface area (Å²) in [6, 6.07) is 15.0. The van der Waals surface area contributed by atoms with Crippen LogP contribution < -0.4 is 10.6 Å². The molecule has 2 aromatic carbocycles. The Balaban J connectivity index is 1.41. The highest BCUT2D eigenvalue weighted by Gasteiger charge is 2.30. The van der Waals surface area contributed by atoms with Crippen molar-refractivity contribution >= 4 is 29.2 Å². The van der Waals surface area contributed by atoms with Gasteiger partial charge in [0.05, 0.1) is 5.56 Å². The molecule has 0 saturated carbocycles. The molecule has 2 aromatic heterocycles. The molecule has 0 atom stereocenters. The summed E-state index contributed by atoms with van der Waals surface area (Å²) in [4.78, 5) is 16.6. The Bertz CT molecular complexity index is 1370. The van der Waals surface area contributed by atoms with Crippen LogP contribution in [0.1, 0.15) is 12.0 Å². The van der Waals surface area contributed by atoms with Crippen LogP contribution in [-0.2, 0) is 12.7 Å². The van der Waals surface area contributed by atoms with Gasteiger partial charge in [0.15, 0.2) is 0 Å². The molecule has 3 heterocycles. The van der Waals surface area contributed by atoms with E-state index in [0.29, 0.717) is 5.69 Å². The Morgan fingerprint density at radius 3 is 2.40 bits per heavy atom. The van der Waals surface area contributed by atoms with Gasteiger partial charge in [-0.3, -0.25) is 9.67 Å². The van der Waals surface area contributed by atoms with Crippen LogP contribution in [0.3, 0.4) is 0 Å². The first-order chi connectivity index (χ1) is 16.9. The molecular weight excluding hydrogens is 475 g/mol. The van der Waals surface area contributed by atoms with Gasteiger partial charge in [-0.25, -0.2) is 4.79 Å². The molecule has 4 aromatic rings. The van der Waals surface area contributed by atoms with E-state index in [9.17, 15) is 18.0 Å². The number of fused-ring (bicyclic) bond motifs is 1. The third-order valence-electron chi connectivity index (χ3n) is 5.47. The van der Waals surface area contributed by atoms with Gasteiger partial charge < -0.3 is 10.6 Å². The van der Waals surface area contributed by atoms with Crippen molar-refractivity contribution in [1.82, 2.24) is 14.8 Å². The number of carbonyl (C=O) groups is 1. The quantitative estimate of drug-likeness (QED) is 0.328. The molecule has 0 radical (unpaired) electrons. The van der Waals surface area contributed by atoms with Crippen LogP contribution in [0, 0.1) is 0 Å². The summed E-state index contributed by atoms with van der Waals surface area (Å²) in [5.41, 5.74) is 3.34. The molecule has 0 spiro atoms. The number of urea groups is 1. The third-order valence-corrected chi connectivity index (χ3v) is 6.65. The van der Waals surface area contributed by atoms with Crippen LogP contribution >= 0.6 is 11.8 Å². The number of alkyl halides is 3. The molecule has 0 unspecified atom stereocenters. The maximum absolute atomic E-state index is 13.0. The van der Waals surface area contributed by atoms with Gasteiger partial charge >= 0.3 is 12.2 Å². The largest absolute Gasteiger partial charge is 0.416 e. The monoisotopic (exact) mass is 495 g/mol. The second kappa shape index (κ2) is 9.46. The van der Waals surface area contributed by atoms with E-state index in [1.54, 1.807) is 42.4 Å². The lowest BCUT2D eigenvalue weighted by molar-refractivity contribution is -0.137. The predicted octanol–water partition coefficient (Wildman–Crippen LogP) is 6.77. The number of amides is 2. The second-order valence-corrected chi connectivity index (χ2v) is 9.01. The normalized spacial score (nSPS) is 13.2. The van der Waals surface area contributed by atoms with Gasteiger partial charge in [0.2, 0.25) is 0 Å². The van der Waals surface area contributed by atoms with Gasteiger partial charge in [-0.1, -0.05) is 18.2 Å². The number of nitrogens with one attached hydrogen (secondary N) is 2. The first-order valence-electron chi connectivity index (χ1n) is 10.9. The SMILES string of the molecule is O=C(Nc1cccc(-c2nn3c(c2-c2ccncc2)SCCC3)c1)Nc1cccc(C(F)(F)F)c1. The number of aromatic nitrogens is 3. The highest BCUT2D eigenvalue weighted by atomic mass is 32.2. The van der Waals surface area contributed by atoms with Crippen LogP contribution in [0.25, 0.3) is 22.4 Å². The summed E-state index contributed by atoms with van der Waals surface area (Å²) < 4.78 is 40.9. The van der Waals surface area contributed by atoms with Crippen molar-refractivity contribution in [3.63, 3.8) is 0 Å². The van der Waals surface area contributed by atoms with E-state index in [0.717, 1.165) is 58.3 Å². The lowest BCUT2D eigenvalue weighted by Gasteiger charge is -2.14. The lowest BCUT2D eigenvalue weighted by Crippen LogP contribution is -2.19. The Morgan fingerprint density at radius 1 is 0.943 bits per heavy atom. The standard InChI is InChI=1S/C25H20F3N5OS/c26-25(27,28)18-5-2-7-20(15-18)31-24(34)30-19-6-1-4-17(14-19)22-21(16-8-10-29-11-9-16)23-33(32-22)12-3-13-35-23/h1-2,4-11,14-15H,3,12-13H2,(H2,30,31,34). The fourth-order valence-corrected chi connectivity index (χ4v) is 5.03. The Kier molecular flexibility index (Phi) is 6.21. The molecule has 6 nitrogen and oxygen atoms in total. The van der Waals surface area contributed by atoms with E-state index in [1.807, 2.05) is 22.9 Å². The number of halogens is 3. The number of thioether (sulfide) groups is 1. The van der Waals surface area contributed by atoms with Crippen molar-refractivity contribution in [3.8, 4) is 22.4 Å². The van der Waals surface area contributed by atoms with Gasteiger partial charge in [-0.2, -0.15) is 18.3 Å². The smallest absolute Gasteiger partial charge is 0.308 e. The highest BCUT2D eigenvalue weighted by Crippen LogP contribution is 2.41. The van der Waals surface area contributed by atoms with Crippen molar-refractivity contribution in [3.05, 3.63) is 78.6 Å². The molecule has 5 rings (SSSR count). The van der Waals surface area contributed by atoms with E-state index < -0.39 is 17.8 Å². The third kappa shape index (κ3) is 5.02. The van der Waals surface area contributed by atoms with Crippen molar-refractivity contribution in [2.75, 3.05) is 16.4 Å². The first kappa shape index (κ1) is 23.0. The first-order valence-corrected chi connectivity index (χ1v) is 11.9. The Hall–Kier alpha value is -3.79. The zero-order chi connectivity index (χ0) is 24.4. The van der Waals surface area contributed by atoms with E-state index in [4.69, 9.17) is 5.10 Å². The summed E-state index contributed by atoms with van der Waals surface area (Å²) in [6.07, 6.45) is 0.0302. The molecule has 35 heavy (non-hydrogen) atoms. The molecule has 2 amide bonds. The number of nitrogens with zero attached hydrogens (tertiary/aromatic N) is 3. The average molecular weight is 496 g/mol. The average Bonchev–Trinajstić information content (AvgIpc) is 3.24. The molecule has 0 aliphatic carbocycles. The molecule has 0 saturated heterocycles. The van der Waals surface area contributed by atoms with E-state index in [-0.39, 0.29) is 5.69 Å². The van der Waals surface area contributed by atoms with Gasteiger partial charge in [0.1, 0.15) is 10.7 Å². The van der Waals surface area contributed by atoms with Gasteiger partial charge in [0, 0.05) is 47.2 Å². The Labute approximate surface area is 203 Å². The number of carbonyl (C=O) groups excluding carboxylic acids is 1. The van der Waals surface area contributed by atoms with Crippen LogP contribution in [0.4, 0.5) is 29.3 Å². The number of hydrogen-bond donors (Lipinski definition) is 2. The summed E-state index contributed by atoms with van der Waals surface area (Å²) in [5.74, 6) is 1.01. The van der Waals surface area contributed by atoms with Crippen molar-refractivity contribution in [2.24, 2.45) is 0 Å². The number of anilines is 2. The molecule has 0 fully saturated rings. The molecular formula is C25H20F3N5OS. The van der Waals surface area contributed by atoms with E-state index >= 15 is 0 Å². The predicted molar refractivity (Wildman–Crippen MR) is 130 cm³/mol. The highest BCUT2D eigenvalue weighted by molar-refractivity contribution is 7.99. The minimum absolute atomic E-state index is 0.0484. The number of benzene rings is 2. The fraction of sp³-hybridized carbons (Fsp3) is 0.160. The molecule has 10 heteroatoms. The molecule has 1 aliphatic rings. The Morgan fingerprint density at radius 2 is 1.66 bits per heavy atom. The van der Waals surface area contributed by atoms with Gasteiger partial charge in [-0.05, 0) is 54.4 Å². The number of aryl methyl sites for hydroxylation is 1. The maximum Gasteiger partial charge on any atom is 0.416 e. The lowest BCUT2D eigenvalue weighted by atomic mass is 10.0. The summed E-state index contributed by atoms with van der Waals surface area (Å²) in [5, 5.41) is 11.1. The van der Waals surface area contributed by atoms with E-state index in [2.05, 4.69) is 15.6 Å². The zero-order valence-corrected chi connectivity index (χ0v) is 19.2. The topological polar surface area (TPSA) is 71.8 Å². The van der Waals surface area contributed by atoms with Crippen LogP contribution in [0.15, 0.2) is 78.1 Å².